The predicted molar refractivity (Wildman–Crippen MR) is 53.6 cm³/mol. The van der Waals surface area contributed by atoms with E-state index in [2.05, 4.69) is 20.5 Å². The molecule has 3 N–H and O–H groups in total. The van der Waals surface area contributed by atoms with Crippen LogP contribution in [-0.4, -0.2) is 21.1 Å². The monoisotopic (exact) mass is 222 g/mol. The molecule has 0 saturated carbocycles. The van der Waals surface area contributed by atoms with Crippen LogP contribution in [0.25, 0.3) is 0 Å². The van der Waals surface area contributed by atoms with Crippen LogP contribution in [-0.2, 0) is 0 Å². The number of hydrogen-bond acceptors (Lipinski definition) is 3. The maximum atomic E-state index is 12.8. The molecular weight excluding hydrogens is 215 g/mol. The number of carbonyl (C=O) groups excluding carboxylic acids is 1. The van der Waals surface area contributed by atoms with E-state index in [0.29, 0.717) is 0 Å². The van der Waals surface area contributed by atoms with Gasteiger partial charge < -0.3 is 5.32 Å². The normalized spacial score (nSPS) is 10.1. The Morgan fingerprint density at radius 3 is 2.88 bits per heavy atom. The number of carbonyl (C=O) groups is 1. The molecule has 0 saturated heterocycles. The van der Waals surface area contributed by atoms with Crippen LogP contribution in [0.5, 0.6) is 0 Å². The van der Waals surface area contributed by atoms with Crippen LogP contribution >= 0.6 is 0 Å². The molecule has 2 aromatic rings. The Labute approximate surface area is 88.5 Å². The Morgan fingerprint density at radius 1 is 1.44 bits per heavy atom. The zero-order valence-electron chi connectivity index (χ0n) is 7.95. The third kappa shape index (κ3) is 2.14. The van der Waals surface area contributed by atoms with Gasteiger partial charge in [0.1, 0.15) is 5.82 Å². The second-order valence-electron chi connectivity index (χ2n) is 2.99. The summed E-state index contributed by atoms with van der Waals surface area (Å²) in [7, 11) is 0. The first-order valence-corrected chi connectivity index (χ1v) is 4.37. The minimum Gasteiger partial charge on any atom is -0.319 e. The minimum absolute atomic E-state index is 0.158. The van der Waals surface area contributed by atoms with Gasteiger partial charge in [-0.15, -0.1) is 5.10 Å². The fourth-order valence-electron chi connectivity index (χ4n) is 1.13. The second-order valence-corrected chi connectivity index (χ2v) is 2.99. The number of benzene rings is 1. The van der Waals surface area contributed by atoms with Crippen molar-refractivity contribution in [2.45, 2.75) is 0 Å². The Bertz CT molecular complexity index is 575. The quantitative estimate of drug-likeness (QED) is 0.690. The number of anilines is 1. The molecule has 2 rings (SSSR count). The van der Waals surface area contributed by atoms with Crippen molar-refractivity contribution in [1.82, 2.24) is 15.2 Å². The van der Waals surface area contributed by atoms with E-state index in [1.165, 1.54) is 18.2 Å². The first kappa shape index (κ1) is 10.1. The Balaban J connectivity index is 2.16. The fourth-order valence-corrected chi connectivity index (χ4v) is 1.13. The second kappa shape index (κ2) is 3.97. The number of amides is 1. The van der Waals surface area contributed by atoms with Gasteiger partial charge in [-0.25, -0.2) is 14.3 Å². The number of halogens is 1. The summed E-state index contributed by atoms with van der Waals surface area (Å²) in [5.74, 6) is -1.24. The summed E-state index contributed by atoms with van der Waals surface area (Å²) in [5, 5.41) is 7.87. The molecule has 0 radical (unpaired) electrons. The summed E-state index contributed by atoms with van der Waals surface area (Å²) < 4.78 is 12.8. The van der Waals surface area contributed by atoms with Gasteiger partial charge in [0.2, 0.25) is 5.82 Å². The van der Waals surface area contributed by atoms with Crippen molar-refractivity contribution in [3.8, 4) is 0 Å². The molecule has 6 nitrogen and oxygen atoms in total. The minimum atomic E-state index is -0.621. The van der Waals surface area contributed by atoms with Crippen molar-refractivity contribution in [2.24, 2.45) is 0 Å². The Kier molecular flexibility index (Phi) is 2.50. The molecule has 1 aromatic heterocycles. The van der Waals surface area contributed by atoms with E-state index in [9.17, 15) is 14.0 Å². The van der Waals surface area contributed by atoms with E-state index in [4.69, 9.17) is 0 Å². The van der Waals surface area contributed by atoms with Crippen LogP contribution in [0, 0.1) is 5.82 Å². The van der Waals surface area contributed by atoms with Gasteiger partial charge in [-0.05, 0) is 18.2 Å². The molecule has 16 heavy (non-hydrogen) atoms. The summed E-state index contributed by atoms with van der Waals surface area (Å²) in [4.78, 5) is 24.3. The molecule has 82 valence electrons. The number of nitrogens with zero attached hydrogens (tertiary/aromatic N) is 1. The van der Waals surface area contributed by atoms with Crippen molar-refractivity contribution in [3.63, 3.8) is 0 Å². The zero-order valence-corrected chi connectivity index (χ0v) is 7.95. The summed E-state index contributed by atoms with van der Waals surface area (Å²) in [6, 6.07) is 5.39. The van der Waals surface area contributed by atoms with Gasteiger partial charge in [-0.1, -0.05) is 6.07 Å². The molecule has 0 aliphatic rings. The molecule has 0 spiro atoms. The maximum Gasteiger partial charge on any atom is 0.341 e. The molecule has 0 fully saturated rings. The first-order valence-electron chi connectivity index (χ1n) is 4.37. The van der Waals surface area contributed by atoms with E-state index in [1.54, 1.807) is 0 Å². The third-order valence-corrected chi connectivity index (χ3v) is 1.80. The van der Waals surface area contributed by atoms with Crippen molar-refractivity contribution >= 4 is 11.6 Å². The van der Waals surface area contributed by atoms with Crippen LogP contribution in [0.1, 0.15) is 10.6 Å². The van der Waals surface area contributed by atoms with Crippen molar-refractivity contribution in [2.75, 3.05) is 5.32 Å². The van der Waals surface area contributed by atoms with E-state index in [0.717, 1.165) is 6.07 Å². The number of aromatic amines is 2. The fraction of sp³-hybridized carbons (Fsp3) is 0. The van der Waals surface area contributed by atoms with E-state index >= 15 is 0 Å². The number of H-pyrrole nitrogens is 2. The predicted octanol–water partition coefficient (Wildman–Crippen LogP) is 0.489. The highest BCUT2D eigenvalue weighted by Gasteiger charge is 2.10. The largest absolute Gasteiger partial charge is 0.341 e. The van der Waals surface area contributed by atoms with Crippen molar-refractivity contribution < 1.29 is 9.18 Å². The number of rotatable bonds is 2. The zero-order chi connectivity index (χ0) is 11.5. The van der Waals surface area contributed by atoms with Crippen molar-refractivity contribution in [1.29, 1.82) is 0 Å². The lowest BCUT2D eigenvalue weighted by atomic mass is 10.3. The number of nitrogens with one attached hydrogen (secondary N) is 3. The van der Waals surface area contributed by atoms with Gasteiger partial charge in [0.05, 0.1) is 0 Å². The lowest BCUT2D eigenvalue weighted by Crippen LogP contribution is -2.14. The highest BCUT2D eigenvalue weighted by molar-refractivity contribution is 6.01. The van der Waals surface area contributed by atoms with Gasteiger partial charge in [0, 0.05) is 5.69 Å². The van der Waals surface area contributed by atoms with Gasteiger partial charge in [-0.3, -0.25) is 9.78 Å². The van der Waals surface area contributed by atoms with Gasteiger partial charge >= 0.3 is 5.69 Å². The molecule has 1 heterocycles. The third-order valence-electron chi connectivity index (χ3n) is 1.80. The molecule has 0 aliphatic heterocycles. The van der Waals surface area contributed by atoms with Gasteiger partial charge in [0.25, 0.3) is 5.91 Å². The van der Waals surface area contributed by atoms with E-state index in [-0.39, 0.29) is 11.5 Å². The molecule has 0 bridgehead atoms. The molecule has 0 aliphatic carbocycles. The molecule has 1 amide bonds. The lowest BCUT2D eigenvalue weighted by Gasteiger charge is -2.01. The standard InChI is InChI=1S/C9H7FN4O2/c10-5-2-1-3-6(4-5)11-8(15)7-12-9(16)14-13-7/h1-4H,(H,11,15)(H2,12,13,14,16). The average molecular weight is 222 g/mol. The maximum absolute atomic E-state index is 12.8. The highest BCUT2D eigenvalue weighted by atomic mass is 19.1. The van der Waals surface area contributed by atoms with E-state index < -0.39 is 17.4 Å². The summed E-state index contributed by atoms with van der Waals surface area (Å²) in [6.07, 6.45) is 0. The summed E-state index contributed by atoms with van der Waals surface area (Å²) in [6.45, 7) is 0. The summed E-state index contributed by atoms with van der Waals surface area (Å²) >= 11 is 0. The number of hydrogen-bond donors (Lipinski definition) is 3. The van der Waals surface area contributed by atoms with Crippen LogP contribution in [0.15, 0.2) is 29.1 Å². The first-order chi connectivity index (χ1) is 7.65. The molecular formula is C9H7FN4O2. The molecule has 7 heteroatoms. The average Bonchev–Trinajstić information content (AvgIpc) is 2.65. The molecule has 0 unspecified atom stereocenters. The van der Waals surface area contributed by atoms with Gasteiger partial charge in [-0.2, -0.15) is 0 Å². The van der Waals surface area contributed by atoms with Crippen LogP contribution in [0.3, 0.4) is 0 Å². The summed E-state index contributed by atoms with van der Waals surface area (Å²) in [5.41, 5.74) is -0.293. The lowest BCUT2D eigenvalue weighted by molar-refractivity contribution is 0.101. The van der Waals surface area contributed by atoms with Crippen molar-refractivity contribution in [3.05, 3.63) is 46.4 Å². The topological polar surface area (TPSA) is 90.6 Å². The van der Waals surface area contributed by atoms with E-state index in [1.807, 2.05) is 0 Å². The van der Waals surface area contributed by atoms with Crippen LogP contribution < -0.4 is 11.0 Å². The van der Waals surface area contributed by atoms with Gasteiger partial charge in [0.15, 0.2) is 0 Å². The smallest absolute Gasteiger partial charge is 0.319 e. The Hall–Kier alpha value is -2.44. The molecule has 0 atom stereocenters. The number of aromatic nitrogens is 3. The Morgan fingerprint density at radius 2 is 2.25 bits per heavy atom. The van der Waals surface area contributed by atoms with Crippen LogP contribution in [0.4, 0.5) is 10.1 Å². The highest BCUT2D eigenvalue weighted by Crippen LogP contribution is 2.09. The molecule has 1 aromatic carbocycles. The SMILES string of the molecule is O=C(Nc1cccc(F)c1)c1n[nH]c(=O)[nH]1. The van der Waals surface area contributed by atoms with Crippen LogP contribution in [0.2, 0.25) is 0 Å².